The molecule has 1 aliphatic rings. The first-order valence-electron chi connectivity index (χ1n) is 13.5. The van der Waals surface area contributed by atoms with Crippen LogP contribution in [0.3, 0.4) is 0 Å². The number of hydrogen-bond acceptors (Lipinski definition) is 3. The third-order valence-electron chi connectivity index (χ3n) is 7.59. The van der Waals surface area contributed by atoms with Crippen LogP contribution < -0.4 is 10.6 Å². The molecule has 0 saturated carbocycles. The number of aryl methyl sites for hydroxylation is 3. The Hall–Kier alpha value is -3.97. The van der Waals surface area contributed by atoms with Crippen LogP contribution in [0.25, 0.3) is 5.69 Å². The molecular formula is C32H35N5OS. The third-order valence-corrected chi connectivity index (χ3v) is 7.94. The second-order valence-corrected chi connectivity index (χ2v) is 10.5. The number of thiocarbonyl (C=S) groups is 1. The zero-order chi connectivity index (χ0) is 27.5. The van der Waals surface area contributed by atoms with Gasteiger partial charge in [0, 0.05) is 41.9 Å². The van der Waals surface area contributed by atoms with Crippen LogP contribution in [-0.4, -0.2) is 32.0 Å². The Bertz CT molecular complexity index is 1480. The van der Waals surface area contributed by atoms with Crippen LogP contribution in [0.2, 0.25) is 0 Å². The Kier molecular flexibility index (Phi) is 7.79. The lowest BCUT2D eigenvalue weighted by atomic mass is 9.96. The van der Waals surface area contributed by atoms with Gasteiger partial charge in [-0.15, -0.1) is 0 Å². The number of rotatable bonds is 8. The number of pyridine rings is 1. The predicted molar refractivity (Wildman–Crippen MR) is 161 cm³/mol. The Morgan fingerprint density at radius 3 is 2.46 bits per heavy atom. The molecule has 0 spiro atoms. The van der Waals surface area contributed by atoms with E-state index in [1.807, 2.05) is 55.6 Å². The highest BCUT2D eigenvalue weighted by atomic mass is 32.1. The lowest BCUT2D eigenvalue weighted by molar-refractivity contribution is -0.116. The van der Waals surface area contributed by atoms with E-state index < -0.39 is 0 Å². The van der Waals surface area contributed by atoms with Gasteiger partial charge in [0.15, 0.2) is 5.11 Å². The van der Waals surface area contributed by atoms with Crippen LogP contribution >= 0.6 is 12.2 Å². The van der Waals surface area contributed by atoms with E-state index in [-0.39, 0.29) is 18.0 Å². The summed E-state index contributed by atoms with van der Waals surface area (Å²) in [5.41, 5.74) is 8.74. The molecule has 0 aliphatic carbocycles. The maximum Gasteiger partial charge on any atom is 0.226 e. The molecule has 1 saturated heterocycles. The summed E-state index contributed by atoms with van der Waals surface area (Å²) in [4.78, 5) is 19.8. The van der Waals surface area contributed by atoms with Gasteiger partial charge in [0.05, 0.1) is 17.8 Å². The van der Waals surface area contributed by atoms with Crippen molar-refractivity contribution in [2.75, 3.05) is 11.9 Å². The van der Waals surface area contributed by atoms with Crippen LogP contribution in [0.15, 0.2) is 79.0 Å². The minimum absolute atomic E-state index is 0.0337. The normalized spacial score (nSPS) is 16.8. The number of nitrogens with one attached hydrogen (secondary N) is 2. The van der Waals surface area contributed by atoms with E-state index in [1.165, 1.54) is 11.1 Å². The van der Waals surface area contributed by atoms with Crippen molar-refractivity contribution in [1.82, 2.24) is 19.8 Å². The number of nitrogens with zero attached hydrogens (tertiary/aromatic N) is 3. The monoisotopic (exact) mass is 537 g/mol. The second kappa shape index (κ2) is 11.4. The van der Waals surface area contributed by atoms with Crippen molar-refractivity contribution in [3.8, 4) is 5.69 Å². The average molecular weight is 538 g/mol. The molecule has 1 amide bonds. The van der Waals surface area contributed by atoms with Crippen LogP contribution in [0, 0.1) is 20.8 Å². The average Bonchev–Trinajstić information content (AvgIpc) is 3.43. The largest absolute Gasteiger partial charge is 0.352 e. The summed E-state index contributed by atoms with van der Waals surface area (Å²) in [6, 6.07) is 24.5. The van der Waals surface area contributed by atoms with Gasteiger partial charge < -0.3 is 20.1 Å². The van der Waals surface area contributed by atoms with Gasteiger partial charge in [0.2, 0.25) is 5.91 Å². The molecule has 6 nitrogen and oxygen atoms in total. The number of amides is 1. The number of hydrogen-bond donors (Lipinski definition) is 2. The van der Waals surface area contributed by atoms with Crippen molar-refractivity contribution in [2.45, 2.75) is 52.6 Å². The fourth-order valence-corrected chi connectivity index (χ4v) is 5.83. The van der Waals surface area contributed by atoms with Crippen LogP contribution in [0.1, 0.15) is 59.2 Å². The molecule has 3 heterocycles. The first kappa shape index (κ1) is 26.6. The standard InChI is InChI=1S/C32H35N5OS/c1-5-24-13-15-25(16-14-24)37-22(3)20-26(23(37)4)31-30(28-12-8-9-18-33-28)35-32(39)36(31)19-17-29(38)34-27-11-7-6-10-21(27)2/h6-16,18,20,30-31H,5,17,19H2,1-4H3,(H,34,38)(H,35,39)/t30-,31+/m0/s1. The summed E-state index contributed by atoms with van der Waals surface area (Å²) in [6.45, 7) is 8.96. The molecule has 1 fully saturated rings. The van der Waals surface area contributed by atoms with E-state index in [0.29, 0.717) is 18.1 Å². The van der Waals surface area contributed by atoms with Crippen molar-refractivity contribution in [3.63, 3.8) is 0 Å². The van der Waals surface area contributed by atoms with Crippen LogP contribution in [0.4, 0.5) is 5.69 Å². The van der Waals surface area contributed by atoms with Crippen molar-refractivity contribution in [2.24, 2.45) is 0 Å². The van der Waals surface area contributed by atoms with Gasteiger partial charge in [-0.3, -0.25) is 9.78 Å². The molecule has 2 atom stereocenters. The lowest BCUT2D eigenvalue weighted by Crippen LogP contribution is -2.33. The van der Waals surface area contributed by atoms with Crippen molar-refractivity contribution in [3.05, 3.63) is 113 Å². The first-order valence-corrected chi connectivity index (χ1v) is 13.9. The second-order valence-electron chi connectivity index (χ2n) is 10.1. The number of carbonyl (C=O) groups excluding carboxylic acids is 1. The Morgan fingerprint density at radius 1 is 1.03 bits per heavy atom. The number of benzene rings is 2. The quantitative estimate of drug-likeness (QED) is 0.256. The van der Waals surface area contributed by atoms with E-state index in [9.17, 15) is 4.79 Å². The topological polar surface area (TPSA) is 62.2 Å². The summed E-state index contributed by atoms with van der Waals surface area (Å²) >= 11 is 5.85. The highest BCUT2D eigenvalue weighted by molar-refractivity contribution is 7.80. The van der Waals surface area contributed by atoms with Gasteiger partial charge >= 0.3 is 0 Å². The number of anilines is 1. The number of carbonyl (C=O) groups is 1. The van der Waals surface area contributed by atoms with E-state index >= 15 is 0 Å². The van der Waals surface area contributed by atoms with E-state index in [2.05, 4.69) is 76.2 Å². The molecule has 2 aromatic heterocycles. The molecule has 0 bridgehead atoms. The first-order chi connectivity index (χ1) is 18.9. The van der Waals surface area contributed by atoms with E-state index in [0.717, 1.165) is 40.4 Å². The summed E-state index contributed by atoms with van der Waals surface area (Å²) in [5, 5.41) is 7.21. The molecule has 2 aromatic carbocycles. The van der Waals surface area contributed by atoms with Crippen LogP contribution in [0.5, 0.6) is 0 Å². The number of para-hydroxylation sites is 1. The maximum atomic E-state index is 13.0. The molecule has 2 N–H and O–H groups in total. The Balaban J connectivity index is 1.47. The highest BCUT2D eigenvalue weighted by Crippen LogP contribution is 2.41. The molecule has 5 rings (SSSR count). The van der Waals surface area contributed by atoms with Gasteiger partial charge in [-0.1, -0.05) is 43.3 Å². The van der Waals surface area contributed by atoms with Gasteiger partial charge in [-0.25, -0.2) is 0 Å². The molecule has 1 aliphatic heterocycles. The van der Waals surface area contributed by atoms with E-state index in [4.69, 9.17) is 12.2 Å². The Labute approximate surface area is 236 Å². The molecule has 39 heavy (non-hydrogen) atoms. The third kappa shape index (κ3) is 5.45. The molecule has 0 unspecified atom stereocenters. The van der Waals surface area contributed by atoms with Crippen molar-refractivity contribution >= 4 is 28.9 Å². The van der Waals surface area contributed by atoms with Gasteiger partial charge in [0.1, 0.15) is 0 Å². The van der Waals surface area contributed by atoms with Gasteiger partial charge in [-0.05, 0) is 92.5 Å². The van der Waals surface area contributed by atoms with Gasteiger partial charge in [0.25, 0.3) is 0 Å². The lowest BCUT2D eigenvalue weighted by Gasteiger charge is -2.28. The number of aromatic nitrogens is 2. The zero-order valence-electron chi connectivity index (χ0n) is 22.9. The summed E-state index contributed by atoms with van der Waals surface area (Å²) in [7, 11) is 0. The van der Waals surface area contributed by atoms with E-state index in [1.54, 1.807) is 0 Å². The molecule has 7 heteroatoms. The fourth-order valence-electron chi connectivity index (χ4n) is 5.50. The van der Waals surface area contributed by atoms with Crippen molar-refractivity contribution < 1.29 is 4.79 Å². The SMILES string of the molecule is CCc1ccc(-n2c(C)cc([C@@H]3[C@H](c4ccccn4)NC(=S)N3CCC(=O)Nc3ccccc3C)c2C)cc1. The summed E-state index contributed by atoms with van der Waals surface area (Å²) in [5.74, 6) is -0.0337. The summed E-state index contributed by atoms with van der Waals surface area (Å²) in [6.07, 6.45) is 3.14. The van der Waals surface area contributed by atoms with Gasteiger partial charge in [-0.2, -0.15) is 0 Å². The smallest absolute Gasteiger partial charge is 0.226 e. The molecular weight excluding hydrogens is 502 g/mol. The maximum absolute atomic E-state index is 13.0. The Morgan fingerprint density at radius 2 is 1.77 bits per heavy atom. The van der Waals surface area contributed by atoms with Crippen LogP contribution in [-0.2, 0) is 11.2 Å². The fraction of sp³-hybridized carbons (Fsp3) is 0.281. The molecule has 200 valence electrons. The van der Waals surface area contributed by atoms with Crippen molar-refractivity contribution in [1.29, 1.82) is 0 Å². The minimum atomic E-state index is -0.130. The highest BCUT2D eigenvalue weighted by Gasteiger charge is 2.41. The predicted octanol–water partition coefficient (Wildman–Crippen LogP) is 6.36. The zero-order valence-corrected chi connectivity index (χ0v) is 23.8. The minimum Gasteiger partial charge on any atom is -0.352 e. The summed E-state index contributed by atoms with van der Waals surface area (Å²) < 4.78 is 2.30. The molecule has 4 aromatic rings. The molecule has 0 radical (unpaired) electrons.